The van der Waals surface area contributed by atoms with E-state index in [0.717, 1.165) is 0 Å². The van der Waals surface area contributed by atoms with Crippen molar-refractivity contribution in [1.29, 1.82) is 0 Å². The maximum absolute atomic E-state index is 3.83. The highest BCUT2D eigenvalue weighted by molar-refractivity contribution is 4.88. The van der Waals surface area contributed by atoms with Crippen LogP contribution in [-0.4, -0.2) is 14.3 Å². The average molecular weight is 163 g/mol. The lowest BCUT2D eigenvalue weighted by atomic mass is 10.7. The molecule has 0 saturated heterocycles. The van der Waals surface area contributed by atoms with Crippen molar-refractivity contribution < 1.29 is 0 Å². The quantitative estimate of drug-likeness (QED) is 0.576. The van der Waals surface area contributed by atoms with Gasteiger partial charge in [0.2, 0.25) is 0 Å². The number of nitrogens with zero attached hydrogens (tertiary/aromatic N) is 3. The molecular weight excluding hydrogens is 150 g/mol. The Morgan fingerprint density at radius 2 is 1.58 bits per heavy atom. The van der Waals surface area contributed by atoms with Gasteiger partial charge in [0.1, 0.15) is 0 Å². The fraction of sp³-hybridized carbons (Fsp3) is 0.222. The molecule has 3 nitrogen and oxygen atoms in total. The van der Waals surface area contributed by atoms with Gasteiger partial charge >= 0.3 is 0 Å². The summed E-state index contributed by atoms with van der Waals surface area (Å²) in [4.78, 5) is 0. The third-order valence-electron chi connectivity index (χ3n) is 1.39. The van der Waals surface area contributed by atoms with Crippen molar-refractivity contribution in [3.63, 3.8) is 0 Å². The molecule has 0 bridgehead atoms. The molecule has 0 amide bonds. The Morgan fingerprint density at radius 3 is 1.75 bits per heavy atom. The molecule has 0 N–H and O–H groups in total. The van der Waals surface area contributed by atoms with Crippen molar-refractivity contribution in [2.45, 2.75) is 0 Å². The van der Waals surface area contributed by atoms with Crippen LogP contribution in [0.15, 0.2) is 43.0 Å². The number of rotatable bonds is 0. The predicted molar refractivity (Wildman–Crippen MR) is 48.6 cm³/mol. The molecule has 0 aliphatic carbocycles. The second kappa shape index (κ2) is 4.38. The van der Waals surface area contributed by atoms with Gasteiger partial charge in [-0.3, -0.25) is 4.68 Å². The molecule has 0 aliphatic heterocycles. The first-order valence-electron chi connectivity index (χ1n) is 3.79. The Hall–Kier alpha value is -1.51. The van der Waals surface area contributed by atoms with Crippen LogP contribution in [0, 0.1) is 0 Å². The van der Waals surface area contributed by atoms with E-state index in [0.29, 0.717) is 0 Å². The molecule has 0 unspecified atom stereocenters. The first-order valence-corrected chi connectivity index (χ1v) is 3.79. The van der Waals surface area contributed by atoms with Crippen molar-refractivity contribution in [3.8, 4) is 0 Å². The molecule has 0 radical (unpaired) electrons. The van der Waals surface area contributed by atoms with E-state index in [1.807, 2.05) is 55.5 Å². The molecule has 0 aliphatic rings. The monoisotopic (exact) mass is 163 g/mol. The van der Waals surface area contributed by atoms with Crippen LogP contribution in [0.5, 0.6) is 0 Å². The standard InChI is InChI=1S/C5H7N.C4H6N2/c2*1-6-4-2-3-5-6/h2-5H,1H3;2-4H,1H3. The number of aromatic nitrogens is 3. The lowest BCUT2D eigenvalue weighted by molar-refractivity contribution is 0.768. The van der Waals surface area contributed by atoms with Gasteiger partial charge < -0.3 is 4.57 Å². The van der Waals surface area contributed by atoms with Crippen molar-refractivity contribution >= 4 is 0 Å². The van der Waals surface area contributed by atoms with E-state index < -0.39 is 0 Å². The summed E-state index contributed by atoms with van der Waals surface area (Å²) < 4.78 is 3.75. The van der Waals surface area contributed by atoms with Crippen LogP contribution < -0.4 is 0 Å². The van der Waals surface area contributed by atoms with Crippen LogP contribution in [0.4, 0.5) is 0 Å². The molecule has 2 aromatic heterocycles. The summed E-state index contributed by atoms with van der Waals surface area (Å²) in [6, 6.07) is 5.89. The van der Waals surface area contributed by atoms with Crippen LogP contribution in [-0.2, 0) is 14.1 Å². The third-order valence-corrected chi connectivity index (χ3v) is 1.39. The number of aryl methyl sites for hydroxylation is 2. The van der Waals surface area contributed by atoms with Crippen molar-refractivity contribution in [3.05, 3.63) is 43.0 Å². The second-order valence-corrected chi connectivity index (χ2v) is 2.53. The maximum atomic E-state index is 3.83. The smallest absolute Gasteiger partial charge is 0.0489 e. The van der Waals surface area contributed by atoms with E-state index in [2.05, 4.69) is 5.10 Å². The van der Waals surface area contributed by atoms with Gasteiger partial charge in [-0.2, -0.15) is 5.10 Å². The van der Waals surface area contributed by atoms with E-state index in [1.165, 1.54) is 0 Å². The largest absolute Gasteiger partial charge is 0.357 e. The Balaban J connectivity index is 0.000000120. The lowest BCUT2D eigenvalue weighted by Gasteiger charge is -1.79. The van der Waals surface area contributed by atoms with Crippen LogP contribution >= 0.6 is 0 Å². The molecule has 0 spiro atoms. The van der Waals surface area contributed by atoms with Crippen LogP contribution in [0.25, 0.3) is 0 Å². The summed E-state index contributed by atoms with van der Waals surface area (Å²) in [6.45, 7) is 0. The van der Waals surface area contributed by atoms with Gasteiger partial charge in [0.15, 0.2) is 0 Å². The predicted octanol–water partition coefficient (Wildman–Crippen LogP) is 1.45. The summed E-state index contributed by atoms with van der Waals surface area (Å²) in [5.74, 6) is 0. The van der Waals surface area contributed by atoms with Gasteiger partial charge in [-0.15, -0.1) is 0 Å². The molecule has 64 valence electrons. The zero-order chi connectivity index (χ0) is 8.81. The third kappa shape index (κ3) is 3.05. The van der Waals surface area contributed by atoms with E-state index in [4.69, 9.17) is 0 Å². The normalized spacial score (nSPS) is 8.83. The molecule has 2 heterocycles. The first kappa shape index (κ1) is 8.59. The van der Waals surface area contributed by atoms with E-state index in [9.17, 15) is 0 Å². The SMILES string of the molecule is Cn1cccc1.Cn1cccn1. The Labute approximate surface area is 72.3 Å². The van der Waals surface area contributed by atoms with Crippen LogP contribution in [0.2, 0.25) is 0 Å². The van der Waals surface area contributed by atoms with E-state index in [1.54, 1.807) is 10.9 Å². The summed E-state index contributed by atoms with van der Waals surface area (Å²) in [5.41, 5.74) is 0. The zero-order valence-corrected chi connectivity index (χ0v) is 7.38. The Morgan fingerprint density at radius 1 is 0.917 bits per heavy atom. The maximum Gasteiger partial charge on any atom is 0.0489 e. The molecule has 2 aromatic rings. The summed E-state index contributed by atoms with van der Waals surface area (Å²) in [6.07, 6.45) is 7.64. The molecule has 0 atom stereocenters. The van der Waals surface area contributed by atoms with Gasteiger partial charge in [-0.1, -0.05) is 0 Å². The summed E-state index contributed by atoms with van der Waals surface area (Å²) in [5, 5.41) is 3.83. The lowest BCUT2D eigenvalue weighted by Crippen LogP contribution is -1.83. The highest BCUT2D eigenvalue weighted by atomic mass is 15.2. The number of hydrogen-bond acceptors (Lipinski definition) is 1. The minimum Gasteiger partial charge on any atom is -0.357 e. The molecule has 2 rings (SSSR count). The number of hydrogen-bond donors (Lipinski definition) is 0. The second-order valence-electron chi connectivity index (χ2n) is 2.53. The van der Waals surface area contributed by atoms with Gasteiger partial charge in [0.25, 0.3) is 0 Å². The molecule has 0 saturated carbocycles. The van der Waals surface area contributed by atoms with Gasteiger partial charge in [-0.05, 0) is 18.2 Å². The van der Waals surface area contributed by atoms with Crippen LogP contribution in [0.3, 0.4) is 0 Å². The molecular formula is C9H13N3. The van der Waals surface area contributed by atoms with Crippen molar-refractivity contribution in [2.24, 2.45) is 14.1 Å². The molecule has 12 heavy (non-hydrogen) atoms. The Kier molecular flexibility index (Phi) is 3.14. The fourth-order valence-corrected chi connectivity index (χ4v) is 0.766. The zero-order valence-electron chi connectivity index (χ0n) is 7.38. The first-order chi connectivity index (χ1) is 5.79. The summed E-state index contributed by atoms with van der Waals surface area (Å²) >= 11 is 0. The highest BCUT2D eigenvalue weighted by Gasteiger charge is 1.69. The fourth-order valence-electron chi connectivity index (χ4n) is 0.766. The topological polar surface area (TPSA) is 22.8 Å². The van der Waals surface area contributed by atoms with Gasteiger partial charge in [0.05, 0.1) is 0 Å². The van der Waals surface area contributed by atoms with Crippen molar-refractivity contribution in [2.75, 3.05) is 0 Å². The molecule has 0 fully saturated rings. The molecule has 0 aromatic carbocycles. The molecule has 3 heteroatoms. The minimum atomic E-state index is 1.75. The van der Waals surface area contributed by atoms with Crippen molar-refractivity contribution in [1.82, 2.24) is 14.3 Å². The van der Waals surface area contributed by atoms with Gasteiger partial charge in [-0.25, -0.2) is 0 Å². The highest BCUT2D eigenvalue weighted by Crippen LogP contribution is 1.80. The van der Waals surface area contributed by atoms with Crippen LogP contribution in [0.1, 0.15) is 0 Å². The van der Waals surface area contributed by atoms with E-state index in [-0.39, 0.29) is 0 Å². The van der Waals surface area contributed by atoms with E-state index >= 15 is 0 Å². The minimum absolute atomic E-state index is 1.75. The summed E-state index contributed by atoms with van der Waals surface area (Å²) in [7, 11) is 3.89. The Bertz CT molecular complexity index is 249. The van der Waals surface area contributed by atoms with Gasteiger partial charge in [0, 0.05) is 38.9 Å². The average Bonchev–Trinajstić information content (AvgIpc) is 2.63.